The Bertz CT molecular complexity index is 607. The maximum absolute atomic E-state index is 13.3. The molecule has 0 aliphatic carbocycles. The molecule has 108 valence electrons. The Morgan fingerprint density at radius 2 is 2.10 bits per heavy atom. The molecule has 0 aliphatic rings. The van der Waals surface area contributed by atoms with Gasteiger partial charge in [0, 0.05) is 12.2 Å². The Labute approximate surface area is 127 Å². The molecule has 5 heteroatoms. The van der Waals surface area contributed by atoms with Gasteiger partial charge in [-0.2, -0.15) is 5.10 Å². The van der Waals surface area contributed by atoms with Crippen LogP contribution in [0.3, 0.4) is 0 Å². The van der Waals surface area contributed by atoms with Crippen LogP contribution in [0.2, 0.25) is 0 Å². The van der Waals surface area contributed by atoms with Crippen LogP contribution in [0.4, 0.5) is 10.1 Å². The predicted molar refractivity (Wildman–Crippen MR) is 83.4 cm³/mol. The first kappa shape index (κ1) is 15.0. The first-order valence-corrected chi connectivity index (χ1v) is 7.60. The van der Waals surface area contributed by atoms with Crippen molar-refractivity contribution >= 4 is 21.6 Å². The maximum atomic E-state index is 13.3. The third-order valence-electron chi connectivity index (χ3n) is 3.34. The van der Waals surface area contributed by atoms with Crippen LogP contribution in [0, 0.1) is 12.7 Å². The Morgan fingerprint density at radius 3 is 2.75 bits per heavy atom. The zero-order valence-corrected chi connectivity index (χ0v) is 13.6. The number of nitrogens with one attached hydrogen (secondary N) is 1. The minimum Gasteiger partial charge on any atom is -0.379 e. The third kappa shape index (κ3) is 3.03. The van der Waals surface area contributed by atoms with Gasteiger partial charge in [0.15, 0.2) is 0 Å². The number of nitrogens with zero attached hydrogens (tertiary/aromatic N) is 2. The largest absolute Gasteiger partial charge is 0.379 e. The highest BCUT2D eigenvalue weighted by atomic mass is 79.9. The number of aryl methyl sites for hydroxylation is 3. The number of anilines is 1. The van der Waals surface area contributed by atoms with E-state index < -0.39 is 0 Å². The molecule has 0 spiro atoms. The summed E-state index contributed by atoms with van der Waals surface area (Å²) in [6, 6.07) is 4.78. The van der Waals surface area contributed by atoms with Crippen LogP contribution in [0.15, 0.2) is 22.7 Å². The van der Waals surface area contributed by atoms with Gasteiger partial charge in [0.25, 0.3) is 0 Å². The van der Waals surface area contributed by atoms with Crippen molar-refractivity contribution in [2.75, 3.05) is 5.32 Å². The summed E-state index contributed by atoms with van der Waals surface area (Å²) in [4.78, 5) is 0. The lowest BCUT2D eigenvalue weighted by molar-refractivity contribution is 0.617. The van der Waals surface area contributed by atoms with Crippen molar-refractivity contribution in [3.8, 4) is 0 Å². The van der Waals surface area contributed by atoms with E-state index in [1.807, 2.05) is 11.6 Å². The molecule has 0 atom stereocenters. The fourth-order valence-electron chi connectivity index (χ4n) is 2.15. The molecule has 0 radical (unpaired) electrons. The first-order chi connectivity index (χ1) is 9.56. The van der Waals surface area contributed by atoms with Gasteiger partial charge in [0.2, 0.25) is 0 Å². The highest BCUT2D eigenvalue weighted by molar-refractivity contribution is 9.10. The van der Waals surface area contributed by atoms with Gasteiger partial charge >= 0.3 is 0 Å². The topological polar surface area (TPSA) is 29.9 Å². The van der Waals surface area contributed by atoms with Crippen molar-refractivity contribution < 1.29 is 4.39 Å². The number of benzene rings is 1. The summed E-state index contributed by atoms with van der Waals surface area (Å²) >= 11 is 3.61. The summed E-state index contributed by atoms with van der Waals surface area (Å²) in [6.07, 6.45) is 0.888. The van der Waals surface area contributed by atoms with E-state index in [9.17, 15) is 4.39 Å². The summed E-state index contributed by atoms with van der Waals surface area (Å²) in [5.74, 6) is -0.226. The second kappa shape index (κ2) is 6.39. The molecular formula is C15H19BrFN3. The highest BCUT2D eigenvalue weighted by Crippen LogP contribution is 2.24. The number of rotatable bonds is 5. The van der Waals surface area contributed by atoms with E-state index in [-0.39, 0.29) is 5.82 Å². The van der Waals surface area contributed by atoms with Crippen LogP contribution in [-0.2, 0) is 19.5 Å². The number of hydrogen-bond acceptors (Lipinski definition) is 2. The normalized spacial score (nSPS) is 10.8. The molecule has 0 amide bonds. The molecule has 3 nitrogen and oxygen atoms in total. The molecular weight excluding hydrogens is 321 g/mol. The fraction of sp³-hybridized carbons (Fsp3) is 0.400. The second-order valence-corrected chi connectivity index (χ2v) is 5.48. The summed E-state index contributed by atoms with van der Waals surface area (Å²) in [6.45, 7) is 7.55. The van der Waals surface area contributed by atoms with Crippen molar-refractivity contribution in [2.45, 2.75) is 40.3 Å². The van der Waals surface area contributed by atoms with Gasteiger partial charge < -0.3 is 5.32 Å². The molecule has 20 heavy (non-hydrogen) atoms. The summed E-state index contributed by atoms with van der Waals surface area (Å²) < 4.78 is 16.3. The maximum Gasteiger partial charge on any atom is 0.125 e. The SMILES string of the molecule is CCc1nn(CC)c(CNc2cc(F)ccc2C)c1Br. The molecule has 1 aromatic carbocycles. The van der Waals surface area contributed by atoms with E-state index in [2.05, 4.69) is 40.2 Å². The lowest BCUT2D eigenvalue weighted by Gasteiger charge is -2.11. The molecule has 0 aliphatic heterocycles. The Kier molecular flexibility index (Phi) is 4.81. The van der Waals surface area contributed by atoms with E-state index >= 15 is 0 Å². The van der Waals surface area contributed by atoms with Crippen LogP contribution < -0.4 is 5.32 Å². The van der Waals surface area contributed by atoms with Gasteiger partial charge in [-0.05, 0) is 53.9 Å². The molecule has 0 unspecified atom stereocenters. The Morgan fingerprint density at radius 1 is 1.35 bits per heavy atom. The van der Waals surface area contributed by atoms with E-state index in [1.54, 1.807) is 6.07 Å². The molecule has 2 rings (SSSR count). The number of halogens is 2. The summed E-state index contributed by atoms with van der Waals surface area (Å²) in [7, 11) is 0. The number of hydrogen-bond donors (Lipinski definition) is 1. The quantitative estimate of drug-likeness (QED) is 0.880. The van der Waals surface area contributed by atoms with Crippen LogP contribution in [0.1, 0.15) is 30.8 Å². The van der Waals surface area contributed by atoms with Crippen LogP contribution in [-0.4, -0.2) is 9.78 Å². The van der Waals surface area contributed by atoms with Crippen molar-refractivity contribution in [3.63, 3.8) is 0 Å². The minimum absolute atomic E-state index is 0.226. The number of aromatic nitrogens is 2. The molecule has 1 N–H and O–H groups in total. The first-order valence-electron chi connectivity index (χ1n) is 6.80. The van der Waals surface area contributed by atoms with Gasteiger partial charge in [-0.1, -0.05) is 13.0 Å². The van der Waals surface area contributed by atoms with Crippen LogP contribution >= 0.6 is 15.9 Å². The third-order valence-corrected chi connectivity index (χ3v) is 4.26. The van der Waals surface area contributed by atoms with Gasteiger partial charge in [-0.15, -0.1) is 0 Å². The van der Waals surface area contributed by atoms with Crippen LogP contribution in [0.5, 0.6) is 0 Å². The summed E-state index contributed by atoms with van der Waals surface area (Å²) in [5.41, 5.74) is 3.99. The van der Waals surface area contributed by atoms with E-state index in [0.29, 0.717) is 6.54 Å². The van der Waals surface area contributed by atoms with Crippen molar-refractivity contribution in [3.05, 3.63) is 45.4 Å². The van der Waals surface area contributed by atoms with E-state index in [0.717, 1.165) is 40.1 Å². The van der Waals surface area contributed by atoms with Gasteiger partial charge in [0.05, 0.1) is 22.4 Å². The molecule has 0 saturated heterocycles. The monoisotopic (exact) mass is 339 g/mol. The molecule has 0 saturated carbocycles. The average Bonchev–Trinajstić information content (AvgIpc) is 2.75. The minimum atomic E-state index is -0.226. The lowest BCUT2D eigenvalue weighted by atomic mass is 10.2. The molecule has 1 heterocycles. The molecule has 0 bridgehead atoms. The molecule has 0 fully saturated rings. The van der Waals surface area contributed by atoms with E-state index in [1.165, 1.54) is 12.1 Å². The zero-order valence-electron chi connectivity index (χ0n) is 12.0. The van der Waals surface area contributed by atoms with E-state index in [4.69, 9.17) is 0 Å². The van der Waals surface area contributed by atoms with Gasteiger partial charge in [0.1, 0.15) is 5.82 Å². The lowest BCUT2D eigenvalue weighted by Crippen LogP contribution is -2.09. The second-order valence-electron chi connectivity index (χ2n) is 4.69. The average molecular weight is 340 g/mol. The predicted octanol–water partition coefficient (Wildman–Crippen LogP) is 4.29. The van der Waals surface area contributed by atoms with Crippen molar-refractivity contribution in [1.29, 1.82) is 0 Å². The van der Waals surface area contributed by atoms with Crippen molar-refractivity contribution in [2.24, 2.45) is 0 Å². The molecule has 1 aromatic heterocycles. The van der Waals surface area contributed by atoms with Crippen LogP contribution in [0.25, 0.3) is 0 Å². The Hall–Kier alpha value is -1.36. The fourth-order valence-corrected chi connectivity index (χ4v) is 2.85. The highest BCUT2D eigenvalue weighted by Gasteiger charge is 2.13. The standard InChI is InChI=1S/C15H19BrFN3/c1-4-12-15(16)14(20(5-2)19-12)9-18-13-8-11(17)7-6-10(13)3/h6-8,18H,4-5,9H2,1-3H3. The molecule has 2 aromatic rings. The Balaban J connectivity index is 2.22. The zero-order chi connectivity index (χ0) is 14.7. The van der Waals surface area contributed by atoms with Crippen molar-refractivity contribution in [1.82, 2.24) is 9.78 Å². The summed E-state index contributed by atoms with van der Waals surface area (Å²) in [5, 5.41) is 7.85. The van der Waals surface area contributed by atoms with Gasteiger partial charge in [-0.25, -0.2) is 4.39 Å². The smallest absolute Gasteiger partial charge is 0.125 e. The van der Waals surface area contributed by atoms with Gasteiger partial charge in [-0.3, -0.25) is 4.68 Å².